The number of ketones is 1. The zero-order valence-corrected chi connectivity index (χ0v) is 17.6. The number of allylic oxidation sites excluding steroid dienone is 1. The molecule has 0 amide bonds. The van der Waals surface area contributed by atoms with Gasteiger partial charge in [-0.1, -0.05) is 31.2 Å². The molecular formula is C23H23N3O5. The second-order valence-corrected chi connectivity index (χ2v) is 6.85. The highest BCUT2D eigenvalue weighted by molar-refractivity contribution is 6.07. The molecule has 0 radical (unpaired) electrons. The quantitative estimate of drug-likeness (QED) is 0.220. The maximum absolute atomic E-state index is 12.4. The molecule has 1 aromatic heterocycles. The Morgan fingerprint density at radius 1 is 1.23 bits per heavy atom. The highest BCUT2D eigenvalue weighted by Gasteiger charge is 2.23. The minimum atomic E-state index is -0.621. The topological polar surface area (TPSA) is 96.5 Å². The zero-order valence-electron chi connectivity index (χ0n) is 17.6. The lowest BCUT2D eigenvalue weighted by atomic mass is 10.1. The first-order valence-electron chi connectivity index (χ1n) is 9.70. The Kier molecular flexibility index (Phi) is 6.81. The predicted molar refractivity (Wildman–Crippen MR) is 116 cm³/mol. The van der Waals surface area contributed by atoms with Crippen LogP contribution >= 0.6 is 0 Å². The fourth-order valence-corrected chi connectivity index (χ4v) is 3.03. The van der Waals surface area contributed by atoms with Crippen molar-refractivity contribution in [2.24, 2.45) is 7.05 Å². The molecule has 31 heavy (non-hydrogen) atoms. The van der Waals surface area contributed by atoms with Crippen LogP contribution in [0.2, 0.25) is 0 Å². The van der Waals surface area contributed by atoms with Crippen LogP contribution in [-0.4, -0.2) is 27.6 Å². The molecule has 3 aromatic rings. The smallest absolute Gasteiger partial charge is 0.318 e. The van der Waals surface area contributed by atoms with Crippen molar-refractivity contribution in [2.75, 3.05) is 7.11 Å². The number of rotatable bonds is 9. The third-order valence-electron chi connectivity index (χ3n) is 4.70. The molecule has 0 spiro atoms. The summed E-state index contributed by atoms with van der Waals surface area (Å²) in [5, 5.41) is 15.0. The van der Waals surface area contributed by atoms with E-state index in [2.05, 4.69) is 12.0 Å². The Morgan fingerprint density at radius 2 is 1.97 bits per heavy atom. The Morgan fingerprint density at radius 3 is 2.61 bits per heavy atom. The van der Waals surface area contributed by atoms with Gasteiger partial charge in [0.25, 0.3) is 0 Å². The van der Waals surface area contributed by atoms with E-state index in [1.54, 1.807) is 25.3 Å². The van der Waals surface area contributed by atoms with Crippen molar-refractivity contribution in [2.45, 2.75) is 20.0 Å². The van der Waals surface area contributed by atoms with Gasteiger partial charge in [-0.05, 0) is 47.9 Å². The van der Waals surface area contributed by atoms with Crippen molar-refractivity contribution in [3.05, 3.63) is 87.2 Å². The van der Waals surface area contributed by atoms with E-state index in [1.165, 1.54) is 29.6 Å². The molecular weight excluding hydrogens is 398 g/mol. The van der Waals surface area contributed by atoms with Gasteiger partial charge in [-0.2, -0.15) is 5.10 Å². The number of methoxy groups -OCH3 is 1. The maximum Gasteiger partial charge on any atom is 0.318 e. The molecule has 0 saturated carbocycles. The summed E-state index contributed by atoms with van der Waals surface area (Å²) in [5.41, 5.74) is 2.24. The molecule has 8 nitrogen and oxygen atoms in total. The average Bonchev–Trinajstić information content (AvgIpc) is 3.18. The molecule has 160 valence electrons. The Balaban J connectivity index is 1.76. The summed E-state index contributed by atoms with van der Waals surface area (Å²) >= 11 is 0. The van der Waals surface area contributed by atoms with Crippen molar-refractivity contribution < 1.29 is 19.2 Å². The molecule has 3 rings (SSSR count). The van der Waals surface area contributed by atoms with Crippen LogP contribution in [0, 0.1) is 10.1 Å². The minimum Gasteiger partial charge on any atom is -0.496 e. The van der Waals surface area contributed by atoms with Crippen LogP contribution in [0.3, 0.4) is 0 Å². The number of hydrogen-bond acceptors (Lipinski definition) is 6. The molecule has 0 atom stereocenters. The van der Waals surface area contributed by atoms with Gasteiger partial charge in [-0.15, -0.1) is 0 Å². The molecule has 0 fully saturated rings. The van der Waals surface area contributed by atoms with Gasteiger partial charge in [-0.3, -0.25) is 19.6 Å². The fraction of sp³-hybridized carbons (Fsp3) is 0.217. The van der Waals surface area contributed by atoms with Crippen LogP contribution in [0.15, 0.2) is 54.7 Å². The normalized spacial score (nSPS) is 10.9. The highest BCUT2D eigenvalue weighted by Crippen LogP contribution is 2.24. The summed E-state index contributed by atoms with van der Waals surface area (Å²) in [6.45, 7) is 2.38. The summed E-state index contributed by atoms with van der Waals surface area (Å²) in [4.78, 5) is 22.9. The standard InChI is InChI=1S/C23H23N3O5/c1-4-16-5-9-19(10-6-16)31-15-18-13-17(8-12-22(18)30-3)7-11-21(27)23-20(26(28)29)14-25(2)24-23/h5-14H,4,15H2,1-3H3/b11-7+. The van der Waals surface area contributed by atoms with Crippen molar-refractivity contribution in [1.29, 1.82) is 0 Å². The number of nitro groups is 1. The van der Waals surface area contributed by atoms with Crippen LogP contribution in [0.5, 0.6) is 11.5 Å². The van der Waals surface area contributed by atoms with Gasteiger partial charge in [-0.25, -0.2) is 0 Å². The Labute approximate surface area is 179 Å². The first-order valence-corrected chi connectivity index (χ1v) is 9.70. The fourth-order valence-electron chi connectivity index (χ4n) is 3.03. The lowest BCUT2D eigenvalue weighted by molar-refractivity contribution is -0.385. The Hall–Kier alpha value is -3.94. The van der Waals surface area contributed by atoms with E-state index in [1.807, 2.05) is 30.3 Å². The van der Waals surface area contributed by atoms with Gasteiger partial charge in [0.2, 0.25) is 11.5 Å². The third-order valence-corrected chi connectivity index (χ3v) is 4.70. The van der Waals surface area contributed by atoms with E-state index in [-0.39, 0.29) is 18.0 Å². The summed E-state index contributed by atoms with van der Waals surface area (Å²) in [7, 11) is 3.10. The van der Waals surface area contributed by atoms with E-state index in [4.69, 9.17) is 9.47 Å². The molecule has 8 heteroatoms. The van der Waals surface area contributed by atoms with Crippen LogP contribution in [0.4, 0.5) is 5.69 Å². The molecule has 0 aliphatic carbocycles. The van der Waals surface area contributed by atoms with Crippen LogP contribution < -0.4 is 9.47 Å². The van der Waals surface area contributed by atoms with Crippen molar-refractivity contribution in [1.82, 2.24) is 9.78 Å². The van der Waals surface area contributed by atoms with Crippen LogP contribution in [0.1, 0.15) is 34.1 Å². The zero-order chi connectivity index (χ0) is 22.4. The number of aromatic nitrogens is 2. The number of aryl methyl sites for hydroxylation is 2. The van der Waals surface area contributed by atoms with E-state index in [9.17, 15) is 14.9 Å². The van der Waals surface area contributed by atoms with Crippen molar-refractivity contribution in [3.8, 4) is 11.5 Å². The van der Waals surface area contributed by atoms with Gasteiger partial charge < -0.3 is 9.47 Å². The van der Waals surface area contributed by atoms with Crippen molar-refractivity contribution in [3.63, 3.8) is 0 Å². The largest absolute Gasteiger partial charge is 0.496 e. The maximum atomic E-state index is 12.4. The van der Waals surface area contributed by atoms with E-state index < -0.39 is 10.7 Å². The number of carbonyl (C=O) groups is 1. The number of carbonyl (C=O) groups excluding carboxylic acids is 1. The number of benzene rings is 2. The predicted octanol–water partition coefficient (Wildman–Crippen LogP) is 4.37. The molecule has 0 aliphatic heterocycles. The number of nitrogens with zero attached hydrogens (tertiary/aromatic N) is 3. The molecule has 0 aliphatic rings. The van der Waals surface area contributed by atoms with Gasteiger partial charge in [0.05, 0.1) is 12.0 Å². The van der Waals surface area contributed by atoms with E-state index >= 15 is 0 Å². The first kappa shape index (κ1) is 21.8. The molecule has 1 heterocycles. The molecule has 0 saturated heterocycles. The van der Waals surface area contributed by atoms with Gasteiger partial charge in [0, 0.05) is 12.6 Å². The van der Waals surface area contributed by atoms with E-state index in [0.717, 1.165) is 23.3 Å². The summed E-state index contributed by atoms with van der Waals surface area (Å²) in [6.07, 6.45) is 5.02. The number of hydrogen-bond donors (Lipinski definition) is 0. The van der Waals surface area contributed by atoms with Crippen LogP contribution in [-0.2, 0) is 20.1 Å². The van der Waals surface area contributed by atoms with Crippen molar-refractivity contribution >= 4 is 17.5 Å². The lowest BCUT2D eigenvalue weighted by Crippen LogP contribution is -2.01. The first-order chi connectivity index (χ1) is 14.9. The van der Waals surface area contributed by atoms with Gasteiger partial charge in [0.1, 0.15) is 24.3 Å². The second kappa shape index (κ2) is 9.71. The van der Waals surface area contributed by atoms with E-state index in [0.29, 0.717) is 5.75 Å². The van der Waals surface area contributed by atoms with Gasteiger partial charge >= 0.3 is 5.69 Å². The molecule has 0 unspecified atom stereocenters. The van der Waals surface area contributed by atoms with Gasteiger partial charge in [0.15, 0.2) is 0 Å². The summed E-state index contributed by atoms with van der Waals surface area (Å²) < 4.78 is 12.5. The highest BCUT2D eigenvalue weighted by atomic mass is 16.6. The number of ether oxygens (including phenoxy) is 2. The molecule has 0 bridgehead atoms. The Bertz CT molecular complexity index is 1120. The second-order valence-electron chi connectivity index (χ2n) is 6.85. The SMILES string of the molecule is CCc1ccc(OCc2cc(/C=C/C(=O)c3nn(C)cc3[N+](=O)[O-])ccc2OC)cc1. The van der Waals surface area contributed by atoms with Crippen LogP contribution in [0.25, 0.3) is 6.08 Å². The minimum absolute atomic E-state index is 0.198. The molecule has 2 aromatic carbocycles. The summed E-state index contributed by atoms with van der Waals surface area (Å²) in [5.74, 6) is 0.865. The molecule has 0 N–H and O–H groups in total. The lowest BCUT2D eigenvalue weighted by Gasteiger charge is -2.11. The third kappa shape index (κ3) is 5.36. The monoisotopic (exact) mass is 421 g/mol. The summed E-state index contributed by atoms with van der Waals surface area (Å²) in [6, 6.07) is 13.3. The average molecular weight is 421 g/mol.